The number of hydrogen-bond donors (Lipinski definition) is 1. The molecule has 2 N–H and O–H groups in total. The summed E-state index contributed by atoms with van der Waals surface area (Å²) in [5, 5.41) is 0.759. The van der Waals surface area contributed by atoms with Gasteiger partial charge in [-0.3, -0.25) is 0 Å². The molecule has 2 aliphatic rings. The van der Waals surface area contributed by atoms with Gasteiger partial charge in [0.25, 0.3) is 0 Å². The molecule has 1 heterocycles. The second-order valence-electron chi connectivity index (χ2n) is 7.15. The van der Waals surface area contributed by atoms with E-state index in [1.807, 2.05) is 0 Å². The summed E-state index contributed by atoms with van der Waals surface area (Å²) in [6.07, 6.45) is 13.6. The smallest absolute Gasteiger partial charge is 0.180 e. The lowest BCUT2D eigenvalue weighted by Gasteiger charge is -2.35. The zero-order valence-electron chi connectivity index (χ0n) is 14.0. The predicted molar refractivity (Wildman–Crippen MR) is 95.4 cm³/mol. The van der Waals surface area contributed by atoms with Crippen LogP contribution in [-0.2, 0) is 12.8 Å². The second kappa shape index (κ2) is 7.78. The Bertz CT molecular complexity index is 465. The summed E-state index contributed by atoms with van der Waals surface area (Å²) < 4.78 is 0. The Morgan fingerprint density at radius 1 is 1.18 bits per heavy atom. The number of anilines is 1. The molecule has 1 aromatic heterocycles. The Kier molecular flexibility index (Phi) is 5.75. The summed E-state index contributed by atoms with van der Waals surface area (Å²) in [4.78, 5) is 8.71. The van der Waals surface area contributed by atoms with Gasteiger partial charge >= 0.3 is 0 Å². The van der Waals surface area contributed by atoms with E-state index in [1.54, 1.807) is 11.3 Å². The first-order valence-electron chi connectivity index (χ1n) is 9.24. The molecular formula is C18H31N3S. The van der Waals surface area contributed by atoms with E-state index in [9.17, 15) is 0 Å². The molecule has 4 heteroatoms. The van der Waals surface area contributed by atoms with Crippen LogP contribution in [0, 0.1) is 5.92 Å². The minimum absolute atomic E-state index is 0.718. The standard InChI is InChI=1S/C18H31N3S/c1-2-11-21(12-10-14-6-4-3-5-7-14)15-8-9-16-17(13-15)22-18(19)20-16/h14-15H,2-13H2,1H3,(H2,19,20)/t15-/m0/s1. The topological polar surface area (TPSA) is 42.2 Å². The SMILES string of the molecule is CCCN(CCC1CCCCC1)[C@H]1CCc2nc(N)sc2C1. The maximum absolute atomic E-state index is 5.89. The first-order chi connectivity index (χ1) is 10.8. The van der Waals surface area contributed by atoms with Crippen molar-refractivity contribution in [1.29, 1.82) is 0 Å². The van der Waals surface area contributed by atoms with E-state index < -0.39 is 0 Å². The molecule has 0 saturated heterocycles. The maximum atomic E-state index is 5.89. The van der Waals surface area contributed by atoms with Gasteiger partial charge in [-0.1, -0.05) is 39.0 Å². The molecule has 3 rings (SSSR count). The van der Waals surface area contributed by atoms with E-state index in [2.05, 4.69) is 16.8 Å². The fraction of sp³-hybridized carbons (Fsp3) is 0.833. The molecule has 0 unspecified atom stereocenters. The molecule has 0 bridgehead atoms. The van der Waals surface area contributed by atoms with Gasteiger partial charge in [-0.25, -0.2) is 4.98 Å². The first kappa shape index (κ1) is 16.3. The monoisotopic (exact) mass is 321 g/mol. The van der Waals surface area contributed by atoms with Gasteiger partial charge in [0.1, 0.15) is 0 Å². The molecule has 0 radical (unpaired) electrons. The van der Waals surface area contributed by atoms with Gasteiger partial charge in [0.05, 0.1) is 5.69 Å². The zero-order chi connectivity index (χ0) is 15.4. The van der Waals surface area contributed by atoms with Gasteiger partial charge in [-0.15, -0.1) is 11.3 Å². The number of hydrogen-bond acceptors (Lipinski definition) is 4. The number of aryl methyl sites for hydroxylation is 1. The van der Waals surface area contributed by atoms with Crippen molar-refractivity contribution in [2.75, 3.05) is 18.8 Å². The lowest BCUT2D eigenvalue weighted by atomic mass is 9.86. The Morgan fingerprint density at radius 2 is 2.00 bits per heavy atom. The molecule has 1 fully saturated rings. The number of rotatable bonds is 6. The summed E-state index contributed by atoms with van der Waals surface area (Å²) in [5.41, 5.74) is 7.17. The summed E-state index contributed by atoms with van der Waals surface area (Å²) in [7, 11) is 0. The number of aromatic nitrogens is 1. The summed E-state index contributed by atoms with van der Waals surface area (Å²) >= 11 is 1.72. The first-order valence-corrected chi connectivity index (χ1v) is 10.1. The number of thiazole rings is 1. The maximum Gasteiger partial charge on any atom is 0.180 e. The fourth-order valence-electron chi connectivity index (χ4n) is 4.28. The van der Waals surface area contributed by atoms with Crippen molar-refractivity contribution in [2.24, 2.45) is 5.92 Å². The minimum atomic E-state index is 0.718. The highest BCUT2D eigenvalue weighted by Crippen LogP contribution is 2.31. The van der Waals surface area contributed by atoms with Crippen molar-refractivity contribution in [3.63, 3.8) is 0 Å². The second-order valence-corrected chi connectivity index (χ2v) is 8.26. The molecule has 22 heavy (non-hydrogen) atoms. The molecule has 1 saturated carbocycles. The highest BCUT2D eigenvalue weighted by atomic mass is 32.1. The number of nitrogen functional groups attached to an aromatic ring is 1. The molecular weight excluding hydrogens is 290 g/mol. The number of nitrogens with two attached hydrogens (primary N) is 1. The van der Waals surface area contributed by atoms with Gasteiger partial charge in [-0.2, -0.15) is 0 Å². The van der Waals surface area contributed by atoms with Gasteiger partial charge in [0, 0.05) is 10.9 Å². The third-order valence-electron chi connectivity index (χ3n) is 5.51. The normalized spacial score (nSPS) is 22.9. The van der Waals surface area contributed by atoms with Crippen LogP contribution in [0.25, 0.3) is 0 Å². The fourth-order valence-corrected chi connectivity index (χ4v) is 5.23. The largest absolute Gasteiger partial charge is 0.375 e. The average Bonchev–Trinajstić information content (AvgIpc) is 2.91. The van der Waals surface area contributed by atoms with Crippen LogP contribution >= 0.6 is 11.3 Å². The molecule has 0 amide bonds. The Hall–Kier alpha value is -0.610. The van der Waals surface area contributed by atoms with Crippen LogP contribution in [-0.4, -0.2) is 29.0 Å². The Labute approximate surface area is 139 Å². The molecule has 0 aliphatic heterocycles. The lowest BCUT2D eigenvalue weighted by molar-refractivity contribution is 0.161. The van der Waals surface area contributed by atoms with E-state index >= 15 is 0 Å². The van der Waals surface area contributed by atoms with Crippen molar-refractivity contribution in [2.45, 2.75) is 77.2 Å². The van der Waals surface area contributed by atoms with Crippen LogP contribution in [0.15, 0.2) is 0 Å². The molecule has 0 spiro atoms. The molecule has 2 aliphatic carbocycles. The van der Waals surface area contributed by atoms with E-state index in [-0.39, 0.29) is 0 Å². The van der Waals surface area contributed by atoms with E-state index in [4.69, 9.17) is 5.73 Å². The van der Waals surface area contributed by atoms with Crippen molar-refractivity contribution >= 4 is 16.5 Å². The van der Waals surface area contributed by atoms with Crippen molar-refractivity contribution < 1.29 is 0 Å². The van der Waals surface area contributed by atoms with Crippen molar-refractivity contribution in [1.82, 2.24) is 9.88 Å². The van der Waals surface area contributed by atoms with Crippen molar-refractivity contribution in [3.8, 4) is 0 Å². The van der Waals surface area contributed by atoms with E-state index in [0.717, 1.165) is 23.5 Å². The quantitative estimate of drug-likeness (QED) is 0.851. The van der Waals surface area contributed by atoms with E-state index in [0.29, 0.717) is 0 Å². The summed E-state index contributed by atoms with van der Waals surface area (Å²) in [6.45, 7) is 4.86. The zero-order valence-corrected chi connectivity index (χ0v) is 14.8. The van der Waals surface area contributed by atoms with Gasteiger partial charge in [-0.05, 0) is 51.1 Å². The summed E-state index contributed by atoms with van der Waals surface area (Å²) in [6, 6.07) is 0.718. The van der Waals surface area contributed by atoms with Gasteiger partial charge in [0.15, 0.2) is 5.13 Å². The Balaban J connectivity index is 1.56. The molecule has 124 valence electrons. The molecule has 1 atom stereocenters. The highest BCUT2D eigenvalue weighted by molar-refractivity contribution is 7.15. The Morgan fingerprint density at radius 3 is 2.77 bits per heavy atom. The van der Waals surface area contributed by atoms with Gasteiger partial charge in [0.2, 0.25) is 0 Å². The summed E-state index contributed by atoms with van der Waals surface area (Å²) in [5.74, 6) is 0.992. The van der Waals surface area contributed by atoms with E-state index in [1.165, 1.54) is 81.4 Å². The third-order valence-corrected chi connectivity index (χ3v) is 6.46. The van der Waals surface area contributed by atoms with Crippen molar-refractivity contribution in [3.05, 3.63) is 10.6 Å². The number of nitrogens with zero attached hydrogens (tertiary/aromatic N) is 2. The third kappa shape index (κ3) is 4.02. The van der Waals surface area contributed by atoms with Crippen LogP contribution < -0.4 is 5.73 Å². The molecule has 0 aromatic carbocycles. The predicted octanol–water partition coefficient (Wildman–Crippen LogP) is 4.27. The van der Waals surface area contributed by atoms with Crippen LogP contribution in [0.3, 0.4) is 0 Å². The van der Waals surface area contributed by atoms with Crippen LogP contribution in [0.5, 0.6) is 0 Å². The average molecular weight is 322 g/mol. The molecule has 3 nitrogen and oxygen atoms in total. The highest BCUT2D eigenvalue weighted by Gasteiger charge is 2.27. The van der Waals surface area contributed by atoms with Crippen LogP contribution in [0.2, 0.25) is 0 Å². The van der Waals surface area contributed by atoms with Crippen LogP contribution in [0.4, 0.5) is 5.13 Å². The van der Waals surface area contributed by atoms with Gasteiger partial charge < -0.3 is 10.6 Å². The molecule has 1 aromatic rings. The van der Waals surface area contributed by atoms with Crippen LogP contribution in [0.1, 0.15) is 68.9 Å². The minimum Gasteiger partial charge on any atom is -0.375 e. The lowest BCUT2D eigenvalue weighted by Crippen LogP contribution is -2.40. The number of fused-ring (bicyclic) bond motifs is 1.